The number of amides is 1. The van der Waals surface area contributed by atoms with Crippen molar-refractivity contribution in [1.82, 2.24) is 10.4 Å². The summed E-state index contributed by atoms with van der Waals surface area (Å²) >= 11 is 0. The van der Waals surface area contributed by atoms with Crippen molar-refractivity contribution in [3.8, 4) is 0 Å². The summed E-state index contributed by atoms with van der Waals surface area (Å²) in [6, 6.07) is 3.65. The molecule has 1 amide bonds. The lowest BCUT2D eigenvalue weighted by Crippen LogP contribution is -2.16. The number of nitrogens with one attached hydrogen (secondary N) is 1. The lowest BCUT2D eigenvalue weighted by atomic mass is 10.1. The molecule has 1 aromatic rings. The van der Waals surface area contributed by atoms with E-state index < -0.39 is 0 Å². The third-order valence-electron chi connectivity index (χ3n) is 2.85. The maximum Gasteiger partial charge on any atom is 0.305 e. The van der Waals surface area contributed by atoms with E-state index in [0.29, 0.717) is 12.8 Å². The first-order chi connectivity index (χ1) is 10.2. The van der Waals surface area contributed by atoms with Crippen LogP contribution in [0.25, 0.3) is 0 Å². The van der Waals surface area contributed by atoms with Crippen molar-refractivity contribution in [1.29, 1.82) is 0 Å². The molecule has 1 aromatic heterocycles. The number of rotatable bonds is 9. The summed E-state index contributed by atoms with van der Waals surface area (Å²) in [5.41, 5.74) is 3.31. The van der Waals surface area contributed by atoms with Gasteiger partial charge in [0.05, 0.1) is 13.3 Å². The monoisotopic (exact) mass is 291 g/mol. The van der Waals surface area contributed by atoms with Gasteiger partial charge in [0.1, 0.15) is 0 Å². The number of ether oxygens (including phenoxy) is 1. The Kier molecular flexibility index (Phi) is 8.44. The van der Waals surface area contributed by atoms with Crippen molar-refractivity contribution in [3.05, 3.63) is 30.1 Å². The maximum absolute atomic E-state index is 11.5. The van der Waals surface area contributed by atoms with Gasteiger partial charge in [-0.25, -0.2) is 5.43 Å². The number of nitrogens with zero attached hydrogens (tertiary/aromatic N) is 2. The summed E-state index contributed by atoms with van der Waals surface area (Å²) < 4.78 is 4.55. The standard InChI is InChI=1S/C15H21N3O3/c1-21-15(20)9-5-3-2-4-8-14(19)18-17-12-13-7-6-10-16-11-13/h6-7,10-12H,2-5,8-9H2,1H3,(H,18,19)/b17-12+. The van der Waals surface area contributed by atoms with Crippen LogP contribution in [0.2, 0.25) is 0 Å². The molecule has 0 spiro atoms. The van der Waals surface area contributed by atoms with Gasteiger partial charge < -0.3 is 4.74 Å². The first-order valence-corrected chi connectivity index (χ1v) is 7.01. The van der Waals surface area contributed by atoms with Gasteiger partial charge in [0.25, 0.3) is 0 Å². The Bertz CT molecular complexity index is 460. The number of carbonyl (C=O) groups excluding carboxylic acids is 2. The molecule has 114 valence electrons. The molecule has 0 fully saturated rings. The molecular formula is C15H21N3O3. The topological polar surface area (TPSA) is 80.7 Å². The lowest BCUT2D eigenvalue weighted by molar-refractivity contribution is -0.140. The molecule has 0 unspecified atom stereocenters. The Morgan fingerprint density at radius 2 is 2.05 bits per heavy atom. The van der Waals surface area contributed by atoms with Crippen LogP contribution in [0.5, 0.6) is 0 Å². The molecule has 6 heteroatoms. The second kappa shape index (κ2) is 10.5. The molecule has 0 bridgehead atoms. The number of aromatic nitrogens is 1. The average molecular weight is 291 g/mol. The molecule has 0 aliphatic heterocycles. The summed E-state index contributed by atoms with van der Waals surface area (Å²) in [5.74, 6) is -0.291. The molecule has 1 rings (SSSR count). The quantitative estimate of drug-likeness (QED) is 0.327. The maximum atomic E-state index is 11.5. The van der Waals surface area contributed by atoms with E-state index in [0.717, 1.165) is 31.2 Å². The zero-order chi connectivity index (χ0) is 15.3. The van der Waals surface area contributed by atoms with E-state index in [1.165, 1.54) is 7.11 Å². The summed E-state index contributed by atoms with van der Waals surface area (Å²) in [4.78, 5) is 26.3. The van der Waals surface area contributed by atoms with Crippen molar-refractivity contribution in [2.24, 2.45) is 5.10 Å². The van der Waals surface area contributed by atoms with Crippen molar-refractivity contribution >= 4 is 18.1 Å². The van der Waals surface area contributed by atoms with Gasteiger partial charge in [-0.1, -0.05) is 18.9 Å². The SMILES string of the molecule is COC(=O)CCCCCCC(=O)N/N=C/c1cccnc1. The van der Waals surface area contributed by atoms with Crippen molar-refractivity contribution < 1.29 is 14.3 Å². The van der Waals surface area contributed by atoms with Crippen LogP contribution < -0.4 is 5.43 Å². The van der Waals surface area contributed by atoms with Crippen LogP contribution >= 0.6 is 0 Å². The zero-order valence-electron chi connectivity index (χ0n) is 12.2. The van der Waals surface area contributed by atoms with E-state index in [-0.39, 0.29) is 11.9 Å². The second-order valence-corrected chi connectivity index (χ2v) is 4.57. The van der Waals surface area contributed by atoms with E-state index in [9.17, 15) is 9.59 Å². The van der Waals surface area contributed by atoms with Crippen LogP contribution in [-0.2, 0) is 14.3 Å². The van der Waals surface area contributed by atoms with Gasteiger partial charge in [-0.2, -0.15) is 5.10 Å². The minimum Gasteiger partial charge on any atom is -0.469 e. The minimum absolute atomic E-state index is 0.108. The highest BCUT2D eigenvalue weighted by Crippen LogP contribution is 2.05. The van der Waals surface area contributed by atoms with Gasteiger partial charge in [0.2, 0.25) is 5.91 Å². The summed E-state index contributed by atoms with van der Waals surface area (Å²) in [5, 5.41) is 3.87. The lowest BCUT2D eigenvalue weighted by Gasteiger charge is -2.01. The number of carbonyl (C=O) groups is 2. The molecule has 0 saturated carbocycles. The van der Waals surface area contributed by atoms with Crippen molar-refractivity contribution in [2.75, 3.05) is 7.11 Å². The fourth-order valence-electron chi connectivity index (χ4n) is 1.70. The van der Waals surface area contributed by atoms with Crippen LogP contribution in [0.3, 0.4) is 0 Å². The molecule has 6 nitrogen and oxygen atoms in total. The molecule has 0 aliphatic rings. The highest BCUT2D eigenvalue weighted by molar-refractivity contribution is 5.81. The van der Waals surface area contributed by atoms with E-state index in [2.05, 4.69) is 20.2 Å². The fraction of sp³-hybridized carbons (Fsp3) is 0.467. The van der Waals surface area contributed by atoms with Crippen LogP contribution in [0.4, 0.5) is 0 Å². The highest BCUT2D eigenvalue weighted by Gasteiger charge is 2.01. The van der Waals surface area contributed by atoms with Crippen LogP contribution in [0.15, 0.2) is 29.6 Å². The Morgan fingerprint density at radius 1 is 1.29 bits per heavy atom. The Balaban J connectivity index is 2.04. The van der Waals surface area contributed by atoms with Crippen LogP contribution in [-0.4, -0.2) is 30.2 Å². The number of methoxy groups -OCH3 is 1. The third-order valence-corrected chi connectivity index (χ3v) is 2.85. The highest BCUT2D eigenvalue weighted by atomic mass is 16.5. The molecule has 0 atom stereocenters. The van der Waals surface area contributed by atoms with Gasteiger partial charge >= 0.3 is 5.97 Å². The molecule has 1 heterocycles. The van der Waals surface area contributed by atoms with Crippen LogP contribution in [0.1, 0.15) is 44.1 Å². The molecule has 0 radical (unpaired) electrons. The minimum atomic E-state index is -0.183. The number of hydrazone groups is 1. The van der Waals surface area contributed by atoms with Gasteiger partial charge in [0.15, 0.2) is 0 Å². The predicted octanol–water partition coefficient (Wildman–Crippen LogP) is 2.05. The van der Waals surface area contributed by atoms with E-state index in [1.807, 2.05) is 6.07 Å². The summed E-state index contributed by atoms with van der Waals surface area (Å²) in [6.45, 7) is 0. The summed E-state index contributed by atoms with van der Waals surface area (Å²) in [6.07, 6.45) is 9.19. The van der Waals surface area contributed by atoms with Gasteiger partial charge in [-0.05, 0) is 18.9 Å². The largest absolute Gasteiger partial charge is 0.469 e. The van der Waals surface area contributed by atoms with E-state index in [4.69, 9.17) is 0 Å². The Hall–Kier alpha value is -2.24. The molecular weight excluding hydrogens is 270 g/mol. The summed E-state index contributed by atoms with van der Waals surface area (Å²) in [7, 11) is 1.39. The number of unbranched alkanes of at least 4 members (excludes halogenated alkanes) is 3. The molecule has 1 N–H and O–H groups in total. The Labute approximate surface area is 124 Å². The predicted molar refractivity (Wildman–Crippen MR) is 79.7 cm³/mol. The second-order valence-electron chi connectivity index (χ2n) is 4.57. The number of esters is 1. The normalized spacial score (nSPS) is 10.5. The van der Waals surface area contributed by atoms with Gasteiger partial charge in [-0.3, -0.25) is 14.6 Å². The van der Waals surface area contributed by atoms with Crippen LogP contribution in [0, 0.1) is 0 Å². The third kappa shape index (κ3) is 8.52. The zero-order valence-corrected chi connectivity index (χ0v) is 12.2. The Morgan fingerprint density at radius 3 is 2.71 bits per heavy atom. The van der Waals surface area contributed by atoms with Crippen molar-refractivity contribution in [3.63, 3.8) is 0 Å². The van der Waals surface area contributed by atoms with Crippen molar-refractivity contribution in [2.45, 2.75) is 38.5 Å². The van der Waals surface area contributed by atoms with E-state index in [1.54, 1.807) is 24.7 Å². The molecule has 0 aromatic carbocycles. The number of hydrogen-bond acceptors (Lipinski definition) is 5. The van der Waals surface area contributed by atoms with E-state index >= 15 is 0 Å². The molecule has 0 saturated heterocycles. The van der Waals surface area contributed by atoms with Gasteiger partial charge in [-0.15, -0.1) is 0 Å². The number of hydrogen-bond donors (Lipinski definition) is 1. The first kappa shape index (κ1) is 16.8. The smallest absolute Gasteiger partial charge is 0.305 e. The number of pyridine rings is 1. The molecule has 21 heavy (non-hydrogen) atoms. The first-order valence-electron chi connectivity index (χ1n) is 7.01. The molecule has 0 aliphatic carbocycles. The average Bonchev–Trinajstić information content (AvgIpc) is 2.51. The fourth-order valence-corrected chi connectivity index (χ4v) is 1.70. The van der Waals surface area contributed by atoms with Gasteiger partial charge in [0, 0.05) is 30.8 Å².